The van der Waals surface area contributed by atoms with Gasteiger partial charge in [0.05, 0.1) is 26.3 Å². The first-order valence-corrected chi connectivity index (χ1v) is 9.46. The molecule has 3 rings (SSSR count). The number of rotatable bonds is 6. The number of anilines is 1. The number of aliphatic imine (C=N–C) groups is 1. The number of Topliss-reactive ketones (excluding diaryl/α,β-unsaturated/α-hetero) is 1. The lowest BCUT2D eigenvalue weighted by Gasteiger charge is -2.27. The van der Waals surface area contributed by atoms with Gasteiger partial charge in [-0.05, 0) is 36.8 Å². The molecule has 0 spiro atoms. The van der Waals surface area contributed by atoms with E-state index in [1.165, 1.54) is 0 Å². The number of hydrogen-bond donors (Lipinski definition) is 0. The average Bonchev–Trinajstić information content (AvgIpc) is 2.72. The summed E-state index contributed by atoms with van der Waals surface area (Å²) in [6.07, 6.45) is 1.06. The number of ether oxygens (including phenoxy) is 2. The molecule has 0 N–H and O–H groups in total. The lowest BCUT2D eigenvalue weighted by Crippen LogP contribution is -2.35. The number of halogens is 1. The topological polar surface area (TPSA) is 51.1 Å². The van der Waals surface area contributed by atoms with Crippen LogP contribution in [0.1, 0.15) is 16.8 Å². The van der Waals surface area contributed by atoms with Crippen molar-refractivity contribution in [2.45, 2.75) is 6.42 Å². The van der Waals surface area contributed by atoms with E-state index in [2.05, 4.69) is 4.99 Å². The second-order valence-electron chi connectivity index (χ2n) is 5.78. The Morgan fingerprint density at radius 1 is 1.15 bits per heavy atom. The lowest BCUT2D eigenvalue weighted by molar-refractivity contribution is 0.0999. The van der Waals surface area contributed by atoms with Gasteiger partial charge in [-0.2, -0.15) is 0 Å². The third-order valence-corrected chi connectivity index (χ3v) is 5.19. The molecule has 5 nitrogen and oxygen atoms in total. The SMILES string of the molecule is Br.COc1ccc(OC)c(C(=O)CN(C2=NCCCS2)c2ccccc2)c1. The molecular formula is C20H23BrN2O3S. The van der Waals surface area contributed by atoms with Crippen LogP contribution in [0.4, 0.5) is 5.69 Å². The third-order valence-electron chi connectivity index (χ3n) is 4.09. The molecule has 2 aromatic carbocycles. The highest BCUT2D eigenvalue weighted by Crippen LogP contribution is 2.27. The van der Waals surface area contributed by atoms with Crippen molar-refractivity contribution in [2.24, 2.45) is 4.99 Å². The maximum absolute atomic E-state index is 13.1. The highest BCUT2D eigenvalue weighted by atomic mass is 79.9. The van der Waals surface area contributed by atoms with Crippen LogP contribution < -0.4 is 14.4 Å². The molecule has 1 aliphatic rings. The molecular weight excluding hydrogens is 428 g/mol. The van der Waals surface area contributed by atoms with Gasteiger partial charge >= 0.3 is 0 Å². The predicted molar refractivity (Wildman–Crippen MR) is 117 cm³/mol. The Labute approximate surface area is 174 Å². The molecule has 0 radical (unpaired) electrons. The Morgan fingerprint density at radius 3 is 2.56 bits per heavy atom. The summed E-state index contributed by atoms with van der Waals surface area (Å²) >= 11 is 1.69. The number of thioether (sulfide) groups is 1. The van der Waals surface area contributed by atoms with Gasteiger partial charge in [-0.25, -0.2) is 0 Å². The van der Waals surface area contributed by atoms with Crippen LogP contribution >= 0.6 is 28.7 Å². The van der Waals surface area contributed by atoms with E-state index in [9.17, 15) is 4.79 Å². The minimum absolute atomic E-state index is 0. The summed E-state index contributed by atoms with van der Waals surface area (Å²) in [6.45, 7) is 0.988. The van der Waals surface area contributed by atoms with Crippen LogP contribution in [-0.4, -0.2) is 44.0 Å². The van der Waals surface area contributed by atoms with Gasteiger partial charge in [0.15, 0.2) is 11.0 Å². The molecule has 0 atom stereocenters. The van der Waals surface area contributed by atoms with E-state index in [0.717, 1.165) is 29.6 Å². The number of para-hydroxylation sites is 1. The van der Waals surface area contributed by atoms with Crippen molar-refractivity contribution in [3.8, 4) is 11.5 Å². The molecule has 0 aromatic heterocycles. The minimum Gasteiger partial charge on any atom is -0.497 e. The van der Waals surface area contributed by atoms with Crippen LogP contribution in [0.15, 0.2) is 53.5 Å². The smallest absolute Gasteiger partial charge is 0.186 e. The quantitative estimate of drug-likeness (QED) is 0.607. The Kier molecular flexibility index (Phi) is 8.19. The van der Waals surface area contributed by atoms with E-state index < -0.39 is 0 Å². The highest BCUT2D eigenvalue weighted by Gasteiger charge is 2.22. The lowest BCUT2D eigenvalue weighted by atomic mass is 10.1. The van der Waals surface area contributed by atoms with Crippen molar-refractivity contribution in [3.05, 3.63) is 54.1 Å². The summed E-state index contributed by atoms with van der Waals surface area (Å²) in [5.41, 5.74) is 1.46. The van der Waals surface area contributed by atoms with Crippen molar-refractivity contribution in [1.29, 1.82) is 0 Å². The summed E-state index contributed by atoms with van der Waals surface area (Å²) in [6, 6.07) is 15.1. The first kappa shape index (κ1) is 21.3. The molecule has 7 heteroatoms. The average molecular weight is 451 g/mol. The largest absolute Gasteiger partial charge is 0.497 e. The molecule has 0 bridgehead atoms. The number of hydrogen-bond acceptors (Lipinski definition) is 6. The van der Waals surface area contributed by atoms with Gasteiger partial charge in [0, 0.05) is 18.0 Å². The normalized spacial score (nSPS) is 13.2. The fraction of sp³-hybridized carbons (Fsp3) is 0.300. The van der Waals surface area contributed by atoms with Gasteiger partial charge in [-0.1, -0.05) is 30.0 Å². The van der Waals surface area contributed by atoms with Crippen molar-refractivity contribution in [2.75, 3.05) is 38.0 Å². The van der Waals surface area contributed by atoms with Crippen LogP contribution in [0.5, 0.6) is 11.5 Å². The van der Waals surface area contributed by atoms with E-state index in [-0.39, 0.29) is 29.3 Å². The Morgan fingerprint density at radius 2 is 1.93 bits per heavy atom. The van der Waals surface area contributed by atoms with Crippen molar-refractivity contribution < 1.29 is 14.3 Å². The standard InChI is InChI=1S/C20H22N2O3S.BrH/c1-24-16-9-10-19(25-2)17(13-16)18(23)14-22(15-7-4-3-5-8-15)20-21-11-6-12-26-20;/h3-5,7-10,13H,6,11-12,14H2,1-2H3;1H. The van der Waals surface area contributed by atoms with Gasteiger partial charge in [0.1, 0.15) is 11.5 Å². The van der Waals surface area contributed by atoms with E-state index in [1.54, 1.807) is 44.2 Å². The van der Waals surface area contributed by atoms with Crippen molar-refractivity contribution in [3.63, 3.8) is 0 Å². The van der Waals surface area contributed by atoms with Crippen molar-refractivity contribution in [1.82, 2.24) is 0 Å². The first-order valence-electron chi connectivity index (χ1n) is 8.48. The maximum atomic E-state index is 13.1. The number of benzene rings is 2. The molecule has 0 aliphatic carbocycles. The van der Waals surface area contributed by atoms with E-state index in [1.807, 2.05) is 35.2 Å². The third kappa shape index (κ3) is 5.26. The number of carbonyl (C=O) groups is 1. The van der Waals surface area contributed by atoms with Crippen LogP contribution in [-0.2, 0) is 0 Å². The Bertz CT molecular complexity index is 799. The van der Waals surface area contributed by atoms with Crippen LogP contribution in [0.3, 0.4) is 0 Å². The van der Waals surface area contributed by atoms with E-state index in [4.69, 9.17) is 9.47 Å². The van der Waals surface area contributed by atoms with E-state index >= 15 is 0 Å². The minimum atomic E-state index is -0.0431. The molecule has 0 saturated carbocycles. The zero-order valence-corrected chi connectivity index (χ0v) is 17.9. The van der Waals surface area contributed by atoms with Crippen LogP contribution in [0.2, 0.25) is 0 Å². The molecule has 2 aromatic rings. The first-order chi connectivity index (χ1) is 12.7. The predicted octanol–water partition coefficient (Wildman–Crippen LogP) is 4.46. The van der Waals surface area contributed by atoms with Crippen LogP contribution in [0.25, 0.3) is 0 Å². The second kappa shape index (κ2) is 10.4. The van der Waals surface area contributed by atoms with E-state index in [0.29, 0.717) is 17.1 Å². The monoisotopic (exact) mass is 450 g/mol. The number of carbonyl (C=O) groups excluding carboxylic acids is 1. The Hall–Kier alpha value is -1.99. The summed E-state index contributed by atoms with van der Waals surface area (Å²) in [5, 5.41) is 0.887. The molecule has 0 fully saturated rings. The fourth-order valence-electron chi connectivity index (χ4n) is 2.75. The van der Waals surface area contributed by atoms with Gasteiger partial charge in [-0.15, -0.1) is 17.0 Å². The summed E-state index contributed by atoms with van der Waals surface area (Å²) in [7, 11) is 3.15. The number of nitrogens with zero attached hydrogens (tertiary/aromatic N) is 2. The summed E-state index contributed by atoms with van der Waals surface area (Å²) < 4.78 is 10.6. The molecule has 0 amide bonds. The van der Waals surface area contributed by atoms with Crippen LogP contribution in [0, 0.1) is 0 Å². The summed E-state index contributed by atoms with van der Waals surface area (Å²) in [5.74, 6) is 2.14. The van der Waals surface area contributed by atoms with Crippen molar-refractivity contribution >= 4 is 45.4 Å². The number of ketones is 1. The zero-order chi connectivity index (χ0) is 18.4. The fourth-order valence-corrected chi connectivity index (χ4v) is 3.71. The summed E-state index contributed by atoms with van der Waals surface area (Å²) in [4.78, 5) is 19.7. The molecule has 1 heterocycles. The molecule has 0 unspecified atom stereocenters. The van der Waals surface area contributed by atoms with Gasteiger partial charge in [0.25, 0.3) is 0 Å². The molecule has 27 heavy (non-hydrogen) atoms. The highest BCUT2D eigenvalue weighted by molar-refractivity contribution is 8.93. The van der Waals surface area contributed by atoms with Gasteiger partial charge in [-0.3, -0.25) is 9.79 Å². The van der Waals surface area contributed by atoms with Gasteiger partial charge in [0.2, 0.25) is 0 Å². The van der Waals surface area contributed by atoms with Gasteiger partial charge < -0.3 is 14.4 Å². The molecule has 0 saturated heterocycles. The molecule has 1 aliphatic heterocycles. The number of methoxy groups -OCH3 is 2. The number of amidine groups is 1. The zero-order valence-electron chi connectivity index (χ0n) is 15.4. The second-order valence-corrected chi connectivity index (χ2v) is 6.84. The molecule has 144 valence electrons. The maximum Gasteiger partial charge on any atom is 0.186 e. The Balaban J connectivity index is 0.00000261.